The summed E-state index contributed by atoms with van der Waals surface area (Å²) in [5.41, 5.74) is 2.85. The van der Waals surface area contributed by atoms with E-state index in [1.54, 1.807) is 43.3 Å². The quantitative estimate of drug-likeness (QED) is 0.681. The number of aromatic nitrogens is 2. The highest BCUT2D eigenvalue weighted by molar-refractivity contribution is 5.90. The van der Waals surface area contributed by atoms with Crippen LogP contribution in [0.15, 0.2) is 48.5 Å². The van der Waals surface area contributed by atoms with E-state index in [1.807, 2.05) is 13.0 Å². The zero-order valence-corrected chi connectivity index (χ0v) is 14.8. The van der Waals surface area contributed by atoms with E-state index in [4.69, 9.17) is 0 Å². The molecule has 0 spiro atoms. The van der Waals surface area contributed by atoms with E-state index >= 15 is 0 Å². The lowest BCUT2D eigenvalue weighted by Crippen LogP contribution is -2.07. The van der Waals surface area contributed by atoms with Crippen LogP contribution >= 0.6 is 0 Å². The highest BCUT2D eigenvalue weighted by Crippen LogP contribution is 2.34. The lowest BCUT2D eigenvalue weighted by atomic mass is 10.0. The third-order valence-corrected chi connectivity index (χ3v) is 4.21. The van der Waals surface area contributed by atoms with Gasteiger partial charge in [-0.25, -0.2) is 9.48 Å². The normalized spacial score (nSPS) is 11.0. The Bertz CT molecular complexity index is 969. The summed E-state index contributed by atoms with van der Waals surface area (Å²) >= 11 is 0. The minimum atomic E-state index is -2.95. The number of halogens is 2. The second-order valence-corrected chi connectivity index (χ2v) is 5.90. The first-order chi connectivity index (χ1) is 12.9. The summed E-state index contributed by atoms with van der Waals surface area (Å²) in [6.45, 7) is 0.521. The van der Waals surface area contributed by atoms with Crippen molar-refractivity contribution in [3.63, 3.8) is 0 Å². The predicted octanol–water partition coefficient (Wildman–Crippen LogP) is 4.71. The number of hydrogen-bond acceptors (Lipinski definition) is 3. The van der Waals surface area contributed by atoms with Gasteiger partial charge >= 0.3 is 12.6 Å². The Morgan fingerprint density at radius 1 is 1.22 bits per heavy atom. The van der Waals surface area contributed by atoms with Crippen LogP contribution in [0.25, 0.3) is 16.8 Å². The van der Waals surface area contributed by atoms with Crippen molar-refractivity contribution in [1.29, 1.82) is 0 Å². The molecule has 0 aliphatic rings. The fourth-order valence-electron chi connectivity index (χ4n) is 3.09. The Hall–Kier alpha value is -3.22. The lowest BCUT2D eigenvalue weighted by molar-refractivity contribution is -0.0494. The molecule has 140 valence electrons. The molecule has 3 rings (SSSR count). The maximum Gasteiger partial charge on any atom is 0.387 e. The van der Waals surface area contributed by atoms with Gasteiger partial charge in [0.1, 0.15) is 11.3 Å². The number of carbonyl (C=O) groups is 1. The lowest BCUT2D eigenvalue weighted by Gasteiger charge is -2.14. The van der Waals surface area contributed by atoms with Gasteiger partial charge in [-0.3, -0.25) is 0 Å². The molecule has 27 heavy (non-hydrogen) atoms. The Morgan fingerprint density at radius 2 is 1.93 bits per heavy atom. The molecule has 0 fully saturated rings. The molecule has 0 atom stereocenters. The molecular weight excluding hydrogens is 354 g/mol. The van der Waals surface area contributed by atoms with E-state index in [1.165, 1.54) is 10.7 Å². The zero-order chi connectivity index (χ0) is 19.6. The van der Waals surface area contributed by atoms with Crippen molar-refractivity contribution in [2.45, 2.75) is 26.9 Å². The smallest absolute Gasteiger partial charge is 0.387 e. The van der Waals surface area contributed by atoms with E-state index in [0.29, 0.717) is 34.6 Å². The summed E-state index contributed by atoms with van der Waals surface area (Å²) < 4.78 is 31.8. The molecule has 1 aromatic heterocycles. The minimum absolute atomic E-state index is 0.0420. The van der Waals surface area contributed by atoms with Gasteiger partial charge in [0.2, 0.25) is 0 Å². The van der Waals surface area contributed by atoms with Crippen LogP contribution in [0.4, 0.5) is 8.78 Å². The topological polar surface area (TPSA) is 64.3 Å². The second-order valence-electron chi connectivity index (χ2n) is 5.90. The molecule has 5 nitrogen and oxygen atoms in total. The summed E-state index contributed by atoms with van der Waals surface area (Å²) in [6.07, 6.45) is 0.457. The Labute approximate surface area is 154 Å². The molecule has 0 radical (unpaired) electrons. The summed E-state index contributed by atoms with van der Waals surface area (Å²) in [5.74, 6) is -1.00. The number of aryl methyl sites for hydroxylation is 1. The SMILES string of the molecule is CCc1c(C(=O)O)c(C)nn1-c1ccc(OC(F)F)c(-c2ccccc2)c1. The number of ether oxygens (including phenoxy) is 1. The van der Waals surface area contributed by atoms with Crippen molar-refractivity contribution in [2.75, 3.05) is 0 Å². The Kier molecular flexibility index (Phi) is 5.21. The van der Waals surface area contributed by atoms with Gasteiger partial charge in [-0.15, -0.1) is 0 Å². The molecule has 0 saturated carbocycles. The van der Waals surface area contributed by atoms with Crippen LogP contribution in [0.1, 0.15) is 28.7 Å². The van der Waals surface area contributed by atoms with Crippen LogP contribution in [0.5, 0.6) is 5.75 Å². The number of aromatic carboxylic acids is 1. The standard InChI is InChI=1S/C20H18F2N2O3/c1-3-16-18(19(25)26)12(2)23-24(16)14-9-10-17(27-20(21)22)15(11-14)13-7-5-4-6-8-13/h4-11,20H,3H2,1-2H3,(H,25,26). The highest BCUT2D eigenvalue weighted by Gasteiger charge is 2.21. The summed E-state index contributed by atoms with van der Waals surface area (Å²) in [7, 11) is 0. The maximum atomic E-state index is 12.8. The molecule has 0 aliphatic carbocycles. The van der Waals surface area contributed by atoms with Gasteiger partial charge in [0.05, 0.1) is 17.1 Å². The first-order valence-corrected chi connectivity index (χ1v) is 8.38. The van der Waals surface area contributed by atoms with Crippen molar-refractivity contribution in [1.82, 2.24) is 9.78 Å². The van der Waals surface area contributed by atoms with Crippen molar-refractivity contribution >= 4 is 5.97 Å². The Balaban J connectivity index is 2.19. The largest absolute Gasteiger partial charge is 0.478 e. The van der Waals surface area contributed by atoms with Crippen molar-refractivity contribution in [3.05, 3.63) is 65.5 Å². The van der Waals surface area contributed by atoms with E-state index in [2.05, 4.69) is 9.84 Å². The second kappa shape index (κ2) is 7.57. The number of benzene rings is 2. The molecule has 3 aromatic rings. The van der Waals surface area contributed by atoms with E-state index in [-0.39, 0.29) is 11.3 Å². The number of alkyl halides is 2. The van der Waals surface area contributed by atoms with Crippen LogP contribution in [-0.4, -0.2) is 27.5 Å². The molecule has 0 unspecified atom stereocenters. The first-order valence-electron chi connectivity index (χ1n) is 8.38. The summed E-state index contributed by atoms with van der Waals surface area (Å²) in [4.78, 5) is 11.6. The third kappa shape index (κ3) is 3.67. The number of carboxylic acids is 1. The first kappa shape index (κ1) is 18.6. The molecule has 0 bridgehead atoms. The molecule has 2 aromatic carbocycles. The molecule has 7 heteroatoms. The molecule has 0 amide bonds. The van der Waals surface area contributed by atoms with Gasteiger partial charge in [-0.1, -0.05) is 37.3 Å². The Morgan fingerprint density at radius 3 is 2.52 bits per heavy atom. The fraction of sp³-hybridized carbons (Fsp3) is 0.200. The number of rotatable bonds is 6. The zero-order valence-electron chi connectivity index (χ0n) is 14.8. The van der Waals surface area contributed by atoms with Crippen LogP contribution in [0.3, 0.4) is 0 Å². The molecule has 0 saturated heterocycles. The molecular formula is C20H18F2N2O3. The van der Waals surface area contributed by atoms with Gasteiger partial charge in [0.25, 0.3) is 0 Å². The van der Waals surface area contributed by atoms with E-state index in [9.17, 15) is 18.7 Å². The number of carboxylic acid groups (broad SMARTS) is 1. The van der Waals surface area contributed by atoms with E-state index in [0.717, 1.165) is 0 Å². The van der Waals surface area contributed by atoms with Crippen LogP contribution < -0.4 is 4.74 Å². The van der Waals surface area contributed by atoms with Gasteiger partial charge < -0.3 is 9.84 Å². The average molecular weight is 372 g/mol. The predicted molar refractivity (Wildman–Crippen MR) is 96.7 cm³/mol. The fourth-order valence-corrected chi connectivity index (χ4v) is 3.09. The van der Waals surface area contributed by atoms with Gasteiger partial charge in [-0.05, 0) is 37.1 Å². The number of hydrogen-bond donors (Lipinski definition) is 1. The van der Waals surface area contributed by atoms with Crippen LogP contribution in [0, 0.1) is 6.92 Å². The minimum Gasteiger partial charge on any atom is -0.478 e. The summed E-state index contributed by atoms with van der Waals surface area (Å²) in [5, 5.41) is 13.8. The van der Waals surface area contributed by atoms with Crippen LogP contribution in [0.2, 0.25) is 0 Å². The van der Waals surface area contributed by atoms with Crippen LogP contribution in [-0.2, 0) is 6.42 Å². The monoisotopic (exact) mass is 372 g/mol. The van der Waals surface area contributed by atoms with Gasteiger partial charge in [0.15, 0.2) is 0 Å². The van der Waals surface area contributed by atoms with Crippen molar-refractivity contribution < 1.29 is 23.4 Å². The van der Waals surface area contributed by atoms with Gasteiger partial charge in [-0.2, -0.15) is 13.9 Å². The highest BCUT2D eigenvalue weighted by atomic mass is 19.3. The molecule has 0 aliphatic heterocycles. The van der Waals surface area contributed by atoms with Gasteiger partial charge in [0, 0.05) is 5.56 Å². The third-order valence-electron chi connectivity index (χ3n) is 4.21. The molecule has 1 heterocycles. The maximum absolute atomic E-state index is 12.8. The van der Waals surface area contributed by atoms with Crippen molar-refractivity contribution in [2.24, 2.45) is 0 Å². The van der Waals surface area contributed by atoms with E-state index < -0.39 is 12.6 Å². The summed E-state index contributed by atoms with van der Waals surface area (Å²) in [6, 6.07) is 13.7. The van der Waals surface area contributed by atoms with Crippen molar-refractivity contribution in [3.8, 4) is 22.6 Å². The average Bonchev–Trinajstić information content (AvgIpc) is 2.99. The molecule has 1 N–H and O–H groups in total. The number of nitrogens with zero attached hydrogens (tertiary/aromatic N) is 2.